The average Bonchev–Trinajstić information content (AvgIpc) is 2.61. The first-order valence-corrected chi connectivity index (χ1v) is 6.10. The standard InChI is InChI=1S/C10H16BrN3O/c1-2-14-9(11)7-12-10(14)8-13-3-5-15-6-4-13/h7H,2-6,8H2,1H3. The van der Waals surface area contributed by atoms with E-state index < -0.39 is 0 Å². The van der Waals surface area contributed by atoms with Crippen LogP contribution >= 0.6 is 15.9 Å². The molecule has 0 saturated carbocycles. The number of hydrogen-bond acceptors (Lipinski definition) is 3. The van der Waals surface area contributed by atoms with Gasteiger partial charge in [0.2, 0.25) is 0 Å². The summed E-state index contributed by atoms with van der Waals surface area (Å²) in [7, 11) is 0. The largest absolute Gasteiger partial charge is 0.379 e. The van der Waals surface area contributed by atoms with Crippen molar-refractivity contribution in [3.05, 3.63) is 16.6 Å². The molecule has 0 radical (unpaired) electrons. The molecule has 0 aromatic carbocycles. The highest BCUT2D eigenvalue weighted by molar-refractivity contribution is 9.10. The molecule has 1 saturated heterocycles. The number of imidazole rings is 1. The maximum absolute atomic E-state index is 5.32. The Balaban J connectivity index is 2.02. The summed E-state index contributed by atoms with van der Waals surface area (Å²) in [6.07, 6.45) is 1.87. The van der Waals surface area contributed by atoms with Gasteiger partial charge in [-0.05, 0) is 22.9 Å². The molecular formula is C10H16BrN3O. The minimum Gasteiger partial charge on any atom is -0.379 e. The summed E-state index contributed by atoms with van der Waals surface area (Å²) in [6.45, 7) is 7.71. The fourth-order valence-electron chi connectivity index (χ4n) is 1.81. The number of nitrogens with zero attached hydrogens (tertiary/aromatic N) is 3. The molecule has 0 amide bonds. The van der Waals surface area contributed by atoms with Crippen LogP contribution in [0, 0.1) is 0 Å². The van der Waals surface area contributed by atoms with Crippen LogP contribution in [0.1, 0.15) is 12.7 Å². The van der Waals surface area contributed by atoms with Gasteiger partial charge in [0.15, 0.2) is 0 Å². The van der Waals surface area contributed by atoms with E-state index in [1.807, 2.05) is 6.20 Å². The summed E-state index contributed by atoms with van der Waals surface area (Å²) in [6, 6.07) is 0. The molecular weight excluding hydrogens is 258 g/mol. The minimum atomic E-state index is 0.841. The molecule has 0 unspecified atom stereocenters. The maximum Gasteiger partial charge on any atom is 0.123 e. The van der Waals surface area contributed by atoms with E-state index in [1.165, 1.54) is 0 Å². The number of morpholine rings is 1. The molecule has 0 atom stereocenters. The minimum absolute atomic E-state index is 0.841. The van der Waals surface area contributed by atoms with Crippen LogP contribution in [0.5, 0.6) is 0 Å². The molecule has 2 rings (SSSR count). The Morgan fingerprint density at radius 2 is 2.20 bits per heavy atom. The van der Waals surface area contributed by atoms with Gasteiger partial charge in [0.25, 0.3) is 0 Å². The SMILES string of the molecule is CCn1c(Br)cnc1CN1CCOCC1. The highest BCUT2D eigenvalue weighted by atomic mass is 79.9. The van der Waals surface area contributed by atoms with E-state index >= 15 is 0 Å². The highest BCUT2D eigenvalue weighted by Gasteiger charge is 2.14. The summed E-state index contributed by atoms with van der Waals surface area (Å²) in [5.74, 6) is 1.13. The summed E-state index contributed by atoms with van der Waals surface area (Å²) in [5, 5.41) is 0. The quantitative estimate of drug-likeness (QED) is 0.836. The Bertz CT molecular complexity index is 320. The van der Waals surface area contributed by atoms with Crippen molar-refractivity contribution in [3.63, 3.8) is 0 Å². The molecule has 15 heavy (non-hydrogen) atoms. The van der Waals surface area contributed by atoms with E-state index in [9.17, 15) is 0 Å². The molecule has 1 aromatic rings. The van der Waals surface area contributed by atoms with Crippen LogP contribution in [0.3, 0.4) is 0 Å². The topological polar surface area (TPSA) is 30.3 Å². The van der Waals surface area contributed by atoms with Crippen LogP contribution in [0.4, 0.5) is 0 Å². The third kappa shape index (κ3) is 2.59. The zero-order valence-corrected chi connectivity index (χ0v) is 10.5. The average molecular weight is 274 g/mol. The molecule has 84 valence electrons. The lowest BCUT2D eigenvalue weighted by atomic mass is 10.4. The van der Waals surface area contributed by atoms with Crippen LogP contribution in [-0.4, -0.2) is 40.8 Å². The van der Waals surface area contributed by atoms with Crippen molar-refractivity contribution in [2.24, 2.45) is 0 Å². The second-order valence-electron chi connectivity index (χ2n) is 3.63. The molecule has 0 N–H and O–H groups in total. The van der Waals surface area contributed by atoms with E-state index in [0.29, 0.717) is 0 Å². The van der Waals surface area contributed by atoms with Crippen LogP contribution in [0.15, 0.2) is 10.8 Å². The molecule has 2 heterocycles. The predicted molar refractivity (Wildman–Crippen MR) is 61.7 cm³/mol. The number of ether oxygens (including phenoxy) is 1. The first-order chi connectivity index (χ1) is 7.31. The Hall–Kier alpha value is -0.390. The predicted octanol–water partition coefficient (Wildman–Crippen LogP) is 1.50. The molecule has 4 nitrogen and oxygen atoms in total. The molecule has 0 spiro atoms. The molecule has 1 fully saturated rings. The fraction of sp³-hybridized carbons (Fsp3) is 0.700. The molecule has 5 heteroatoms. The van der Waals surface area contributed by atoms with Gasteiger partial charge in [-0.2, -0.15) is 0 Å². The van der Waals surface area contributed by atoms with E-state index in [4.69, 9.17) is 4.74 Å². The summed E-state index contributed by atoms with van der Waals surface area (Å²) < 4.78 is 8.57. The van der Waals surface area contributed by atoms with Crippen LogP contribution in [0.2, 0.25) is 0 Å². The Labute approximate surface area is 98.4 Å². The zero-order chi connectivity index (χ0) is 10.7. The van der Waals surface area contributed by atoms with Crippen molar-refractivity contribution in [1.29, 1.82) is 0 Å². The number of hydrogen-bond donors (Lipinski definition) is 0. The molecule has 0 bridgehead atoms. The van der Waals surface area contributed by atoms with Gasteiger partial charge in [-0.3, -0.25) is 4.90 Å². The van der Waals surface area contributed by atoms with Crippen LogP contribution in [-0.2, 0) is 17.8 Å². The van der Waals surface area contributed by atoms with Crippen molar-refractivity contribution < 1.29 is 4.74 Å². The second kappa shape index (κ2) is 5.09. The number of aromatic nitrogens is 2. The molecule has 0 aliphatic carbocycles. The first-order valence-electron chi connectivity index (χ1n) is 5.31. The lowest BCUT2D eigenvalue weighted by Gasteiger charge is -2.26. The monoisotopic (exact) mass is 273 g/mol. The number of halogens is 1. The van der Waals surface area contributed by atoms with Crippen molar-refractivity contribution in [2.45, 2.75) is 20.0 Å². The van der Waals surface area contributed by atoms with E-state index in [1.54, 1.807) is 0 Å². The van der Waals surface area contributed by atoms with Gasteiger partial charge in [-0.1, -0.05) is 0 Å². The van der Waals surface area contributed by atoms with E-state index in [0.717, 1.165) is 49.8 Å². The Kier molecular flexibility index (Phi) is 3.77. The zero-order valence-electron chi connectivity index (χ0n) is 8.95. The number of rotatable bonds is 3. The molecule has 1 aliphatic rings. The van der Waals surface area contributed by atoms with Gasteiger partial charge in [0.1, 0.15) is 10.4 Å². The third-order valence-electron chi connectivity index (χ3n) is 2.67. The van der Waals surface area contributed by atoms with Gasteiger partial charge in [0.05, 0.1) is 26.0 Å². The van der Waals surface area contributed by atoms with Gasteiger partial charge in [-0.15, -0.1) is 0 Å². The van der Waals surface area contributed by atoms with Gasteiger partial charge in [-0.25, -0.2) is 4.98 Å². The lowest BCUT2D eigenvalue weighted by Crippen LogP contribution is -2.36. The third-order valence-corrected chi connectivity index (χ3v) is 3.31. The summed E-state index contributed by atoms with van der Waals surface area (Å²) in [5.41, 5.74) is 0. The van der Waals surface area contributed by atoms with E-state index in [-0.39, 0.29) is 0 Å². The summed E-state index contributed by atoms with van der Waals surface area (Å²) in [4.78, 5) is 6.79. The van der Waals surface area contributed by atoms with Crippen LogP contribution < -0.4 is 0 Å². The smallest absolute Gasteiger partial charge is 0.123 e. The maximum atomic E-state index is 5.32. The second-order valence-corrected chi connectivity index (χ2v) is 4.44. The lowest BCUT2D eigenvalue weighted by molar-refractivity contribution is 0.0326. The van der Waals surface area contributed by atoms with Crippen molar-refractivity contribution in [1.82, 2.24) is 14.5 Å². The molecule has 1 aliphatic heterocycles. The van der Waals surface area contributed by atoms with E-state index in [2.05, 4.69) is 37.3 Å². The van der Waals surface area contributed by atoms with Crippen molar-refractivity contribution >= 4 is 15.9 Å². The highest BCUT2D eigenvalue weighted by Crippen LogP contribution is 2.14. The summed E-state index contributed by atoms with van der Waals surface area (Å²) >= 11 is 3.50. The Morgan fingerprint density at radius 3 is 2.87 bits per heavy atom. The van der Waals surface area contributed by atoms with Gasteiger partial charge in [0, 0.05) is 19.6 Å². The van der Waals surface area contributed by atoms with Crippen LogP contribution in [0.25, 0.3) is 0 Å². The Morgan fingerprint density at radius 1 is 1.47 bits per heavy atom. The fourth-order valence-corrected chi connectivity index (χ4v) is 2.37. The van der Waals surface area contributed by atoms with Gasteiger partial charge >= 0.3 is 0 Å². The van der Waals surface area contributed by atoms with Crippen molar-refractivity contribution in [3.8, 4) is 0 Å². The molecule has 1 aromatic heterocycles. The first kappa shape index (κ1) is 11.1. The van der Waals surface area contributed by atoms with Gasteiger partial charge < -0.3 is 9.30 Å². The van der Waals surface area contributed by atoms with Crippen molar-refractivity contribution in [2.75, 3.05) is 26.3 Å². The normalized spacial score (nSPS) is 18.3.